The van der Waals surface area contributed by atoms with E-state index in [4.69, 9.17) is 9.63 Å². The minimum atomic E-state index is -1.04. The molecule has 1 heterocycles. The summed E-state index contributed by atoms with van der Waals surface area (Å²) in [6.45, 7) is 3.26. The van der Waals surface area contributed by atoms with Crippen LogP contribution < -0.4 is 5.32 Å². The molecule has 1 atom stereocenters. The number of aliphatic carboxylic acids is 1. The van der Waals surface area contributed by atoms with Gasteiger partial charge in [-0.2, -0.15) is 11.8 Å². The number of carboxylic acid groups (broad SMARTS) is 1. The summed E-state index contributed by atoms with van der Waals surface area (Å²) in [7, 11) is 0. The van der Waals surface area contributed by atoms with E-state index in [-0.39, 0.29) is 0 Å². The normalized spacial score (nSPS) is 12.2. The molecule has 0 aliphatic heterocycles. The Bertz CT molecular complexity index is 425. The van der Waals surface area contributed by atoms with Gasteiger partial charge in [0.05, 0.1) is 5.69 Å². The Kier molecular flexibility index (Phi) is 5.21. The number of rotatable bonds is 6. The third-order valence-electron chi connectivity index (χ3n) is 2.47. The van der Waals surface area contributed by atoms with Crippen LogP contribution in [0.3, 0.4) is 0 Å². The highest BCUT2D eigenvalue weighted by Crippen LogP contribution is 2.12. The fourth-order valence-electron chi connectivity index (χ4n) is 1.53. The van der Waals surface area contributed by atoms with Crippen molar-refractivity contribution in [2.75, 3.05) is 12.0 Å². The van der Waals surface area contributed by atoms with Gasteiger partial charge in [0.15, 0.2) is 0 Å². The molecule has 0 saturated heterocycles. The van der Waals surface area contributed by atoms with Gasteiger partial charge in [-0.3, -0.25) is 4.79 Å². The van der Waals surface area contributed by atoms with Crippen LogP contribution in [0.25, 0.3) is 0 Å². The first-order valence-electron chi connectivity index (χ1n) is 5.42. The summed E-state index contributed by atoms with van der Waals surface area (Å²) in [5, 5.41) is 15.2. The smallest absolute Gasteiger partial charge is 0.326 e. The van der Waals surface area contributed by atoms with Crippen LogP contribution in [-0.2, 0) is 4.79 Å². The number of carbonyl (C=O) groups excluding carboxylic acids is 1. The molecular formula is C11H16N2O4S. The highest BCUT2D eigenvalue weighted by Gasteiger charge is 2.24. The lowest BCUT2D eigenvalue weighted by molar-refractivity contribution is -0.139. The Balaban J connectivity index is 2.75. The highest BCUT2D eigenvalue weighted by molar-refractivity contribution is 7.98. The van der Waals surface area contributed by atoms with Crippen molar-refractivity contribution < 1.29 is 19.2 Å². The molecule has 0 unspecified atom stereocenters. The number of nitrogens with one attached hydrogen (secondary N) is 1. The number of carboxylic acids is 1. The highest BCUT2D eigenvalue weighted by atomic mass is 32.2. The third kappa shape index (κ3) is 3.49. The van der Waals surface area contributed by atoms with Crippen LogP contribution in [0.2, 0.25) is 0 Å². The Labute approximate surface area is 109 Å². The maximum atomic E-state index is 11.9. The molecule has 6 nitrogen and oxygen atoms in total. The van der Waals surface area contributed by atoms with Crippen LogP contribution in [0.1, 0.15) is 28.2 Å². The van der Waals surface area contributed by atoms with Gasteiger partial charge in [0, 0.05) is 0 Å². The Morgan fingerprint density at radius 2 is 2.17 bits per heavy atom. The van der Waals surface area contributed by atoms with Crippen LogP contribution in [0, 0.1) is 13.8 Å². The molecule has 100 valence electrons. The van der Waals surface area contributed by atoms with E-state index in [2.05, 4.69) is 10.5 Å². The van der Waals surface area contributed by atoms with E-state index in [1.807, 2.05) is 6.26 Å². The number of aromatic nitrogens is 1. The maximum Gasteiger partial charge on any atom is 0.326 e. The second kappa shape index (κ2) is 6.44. The van der Waals surface area contributed by atoms with Crippen molar-refractivity contribution >= 4 is 23.6 Å². The molecule has 0 radical (unpaired) electrons. The Morgan fingerprint density at radius 3 is 2.61 bits per heavy atom. The van der Waals surface area contributed by atoms with Crippen LogP contribution >= 0.6 is 11.8 Å². The summed E-state index contributed by atoms with van der Waals surface area (Å²) in [6.07, 6.45) is 2.26. The SMILES string of the molecule is CSCC[C@@H](NC(=O)c1c(C)noc1C)C(=O)O. The molecule has 1 aromatic rings. The first-order valence-corrected chi connectivity index (χ1v) is 6.82. The van der Waals surface area contributed by atoms with Gasteiger partial charge in [-0.15, -0.1) is 0 Å². The predicted octanol–water partition coefficient (Wildman–Crippen LogP) is 1.23. The molecular weight excluding hydrogens is 256 g/mol. The van der Waals surface area contributed by atoms with Crippen LogP contribution in [0.4, 0.5) is 0 Å². The molecule has 1 rings (SSSR count). The molecule has 0 spiro atoms. The van der Waals surface area contributed by atoms with E-state index in [9.17, 15) is 9.59 Å². The van der Waals surface area contributed by atoms with Crippen molar-refractivity contribution in [2.24, 2.45) is 0 Å². The number of carbonyl (C=O) groups is 2. The first-order chi connectivity index (χ1) is 8.47. The molecule has 0 aliphatic rings. The maximum absolute atomic E-state index is 11.9. The summed E-state index contributed by atoms with van der Waals surface area (Å²) in [5.74, 6) is -0.443. The zero-order valence-electron chi connectivity index (χ0n) is 10.5. The molecule has 2 N–H and O–H groups in total. The van der Waals surface area contributed by atoms with Crippen LogP contribution in [0.5, 0.6) is 0 Å². The number of thioether (sulfide) groups is 1. The van der Waals surface area contributed by atoms with E-state index in [0.717, 1.165) is 0 Å². The zero-order valence-corrected chi connectivity index (χ0v) is 11.3. The molecule has 0 bridgehead atoms. The molecule has 18 heavy (non-hydrogen) atoms. The van der Waals surface area contributed by atoms with E-state index in [1.54, 1.807) is 13.8 Å². The van der Waals surface area contributed by atoms with Crippen molar-refractivity contribution in [1.29, 1.82) is 0 Å². The minimum absolute atomic E-state index is 0.311. The summed E-state index contributed by atoms with van der Waals surface area (Å²) in [4.78, 5) is 23.0. The monoisotopic (exact) mass is 272 g/mol. The van der Waals surface area contributed by atoms with Gasteiger partial charge in [-0.05, 0) is 32.3 Å². The van der Waals surface area contributed by atoms with Crippen molar-refractivity contribution in [1.82, 2.24) is 10.5 Å². The second-order valence-electron chi connectivity index (χ2n) is 3.84. The average molecular weight is 272 g/mol. The predicted molar refractivity (Wildman–Crippen MR) is 67.9 cm³/mol. The Hall–Kier alpha value is -1.50. The quantitative estimate of drug-likeness (QED) is 0.809. The standard InChI is InChI=1S/C11H16N2O4S/c1-6-9(7(2)17-13-6)10(14)12-8(11(15)16)4-5-18-3/h8H,4-5H2,1-3H3,(H,12,14)(H,15,16)/t8-/m1/s1. The molecule has 0 fully saturated rings. The molecule has 1 aromatic heterocycles. The Morgan fingerprint density at radius 1 is 1.50 bits per heavy atom. The molecule has 7 heteroatoms. The van der Waals surface area contributed by atoms with Crippen molar-refractivity contribution in [3.05, 3.63) is 17.0 Å². The molecule has 1 amide bonds. The van der Waals surface area contributed by atoms with E-state index >= 15 is 0 Å². The van der Waals surface area contributed by atoms with Crippen molar-refractivity contribution in [2.45, 2.75) is 26.3 Å². The van der Waals surface area contributed by atoms with E-state index in [1.165, 1.54) is 11.8 Å². The third-order valence-corrected chi connectivity index (χ3v) is 3.12. The fourth-order valence-corrected chi connectivity index (χ4v) is 2.00. The summed E-state index contributed by atoms with van der Waals surface area (Å²) in [5.41, 5.74) is 0.768. The lowest BCUT2D eigenvalue weighted by atomic mass is 10.1. The number of hydrogen-bond donors (Lipinski definition) is 2. The fraction of sp³-hybridized carbons (Fsp3) is 0.545. The summed E-state index contributed by atoms with van der Waals surface area (Å²) in [6, 6.07) is -0.890. The largest absolute Gasteiger partial charge is 0.480 e. The second-order valence-corrected chi connectivity index (χ2v) is 4.83. The number of amides is 1. The van der Waals surface area contributed by atoms with E-state index in [0.29, 0.717) is 29.2 Å². The minimum Gasteiger partial charge on any atom is -0.480 e. The molecule has 0 aromatic carbocycles. The summed E-state index contributed by atoms with van der Waals surface area (Å²) < 4.78 is 4.88. The summed E-state index contributed by atoms with van der Waals surface area (Å²) >= 11 is 1.53. The van der Waals surface area contributed by atoms with Gasteiger partial charge < -0.3 is 14.9 Å². The molecule has 0 saturated carbocycles. The van der Waals surface area contributed by atoms with Gasteiger partial charge in [-0.1, -0.05) is 5.16 Å². The van der Waals surface area contributed by atoms with Crippen LogP contribution in [0.15, 0.2) is 4.52 Å². The number of nitrogens with zero attached hydrogens (tertiary/aromatic N) is 1. The van der Waals surface area contributed by atoms with Gasteiger partial charge in [0.2, 0.25) is 0 Å². The lowest BCUT2D eigenvalue weighted by Gasteiger charge is -2.13. The number of hydrogen-bond acceptors (Lipinski definition) is 5. The lowest BCUT2D eigenvalue weighted by Crippen LogP contribution is -2.41. The molecule has 0 aliphatic carbocycles. The topological polar surface area (TPSA) is 92.4 Å². The number of aryl methyl sites for hydroxylation is 2. The van der Waals surface area contributed by atoms with Gasteiger partial charge >= 0.3 is 5.97 Å². The van der Waals surface area contributed by atoms with Crippen molar-refractivity contribution in [3.8, 4) is 0 Å². The zero-order chi connectivity index (χ0) is 13.7. The van der Waals surface area contributed by atoms with Gasteiger partial charge in [0.1, 0.15) is 17.4 Å². The van der Waals surface area contributed by atoms with Crippen molar-refractivity contribution in [3.63, 3.8) is 0 Å². The first kappa shape index (κ1) is 14.6. The van der Waals surface area contributed by atoms with Crippen LogP contribution in [-0.4, -0.2) is 40.2 Å². The average Bonchev–Trinajstić information content (AvgIpc) is 2.63. The van der Waals surface area contributed by atoms with E-state index < -0.39 is 17.9 Å². The van der Waals surface area contributed by atoms with Gasteiger partial charge in [0.25, 0.3) is 5.91 Å². The van der Waals surface area contributed by atoms with Gasteiger partial charge in [-0.25, -0.2) is 4.79 Å².